The van der Waals surface area contributed by atoms with Crippen LogP contribution in [0.2, 0.25) is 0 Å². The zero-order chi connectivity index (χ0) is 24.2. The van der Waals surface area contributed by atoms with E-state index in [1.54, 1.807) is 13.8 Å². The van der Waals surface area contributed by atoms with Gasteiger partial charge in [-0.05, 0) is 38.1 Å². The summed E-state index contributed by atoms with van der Waals surface area (Å²) in [6.45, 7) is 3.51. The Morgan fingerprint density at radius 1 is 0.706 bits per heavy atom. The first-order valence-electron chi connectivity index (χ1n) is 10.3. The summed E-state index contributed by atoms with van der Waals surface area (Å²) in [7, 11) is 0. The maximum atomic E-state index is 12.6. The molecule has 2 heterocycles. The number of hydrogen-bond donors (Lipinski definition) is 0. The number of carbonyl (C=O) groups is 2. The summed E-state index contributed by atoms with van der Waals surface area (Å²) in [6.07, 6.45) is 0. The van der Waals surface area contributed by atoms with Gasteiger partial charge >= 0.3 is 11.9 Å². The van der Waals surface area contributed by atoms with Crippen molar-refractivity contribution in [2.75, 3.05) is 13.2 Å². The molecule has 0 bridgehead atoms. The van der Waals surface area contributed by atoms with E-state index >= 15 is 0 Å². The van der Waals surface area contributed by atoms with Crippen molar-refractivity contribution in [3.05, 3.63) is 80.5 Å². The topological polar surface area (TPSA) is 131 Å². The Kier molecular flexibility index (Phi) is 6.30. The molecule has 34 heavy (non-hydrogen) atoms. The van der Waals surface area contributed by atoms with Gasteiger partial charge in [-0.1, -0.05) is 12.1 Å². The Hall–Kier alpha value is -4.60. The van der Waals surface area contributed by atoms with Crippen molar-refractivity contribution in [2.45, 2.75) is 13.8 Å². The molecule has 0 saturated heterocycles. The van der Waals surface area contributed by atoms with Crippen molar-refractivity contribution in [1.29, 1.82) is 0 Å². The minimum absolute atomic E-state index is 0.00815. The van der Waals surface area contributed by atoms with Crippen molar-refractivity contribution in [1.82, 2.24) is 0 Å². The molecule has 0 aliphatic heterocycles. The third-order valence-electron chi connectivity index (χ3n) is 4.61. The molecule has 0 saturated carbocycles. The number of esters is 2. The van der Waals surface area contributed by atoms with Gasteiger partial charge in [0.25, 0.3) is 0 Å². The Bertz CT molecular complexity index is 1400. The highest BCUT2D eigenvalue weighted by atomic mass is 17.2. The van der Waals surface area contributed by atoms with Gasteiger partial charge in [0, 0.05) is 12.1 Å². The van der Waals surface area contributed by atoms with Crippen LogP contribution in [-0.2, 0) is 9.47 Å². The number of rotatable bonds is 7. The maximum absolute atomic E-state index is 12.6. The monoisotopic (exact) mass is 466 g/mol. The number of fused-ring (bicyclic) bond motifs is 2. The second-order valence-corrected chi connectivity index (χ2v) is 6.82. The van der Waals surface area contributed by atoms with E-state index < -0.39 is 22.8 Å². The van der Waals surface area contributed by atoms with E-state index in [2.05, 4.69) is 0 Å². The van der Waals surface area contributed by atoms with E-state index in [0.717, 1.165) is 12.1 Å². The fourth-order valence-corrected chi connectivity index (χ4v) is 3.19. The molecule has 0 spiro atoms. The summed E-state index contributed by atoms with van der Waals surface area (Å²) in [5.41, 5.74) is -0.957. The van der Waals surface area contributed by atoms with Crippen LogP contribution in [0.1, 0.15) is 35.0 Å². The summed E-state index contributed by atoms with van der Waals surface area (Å²) in [5, 5.41) is 0.0415. The molecule has 0 amide bonds. The van der Waals surface area contributed by atoms with E-state index in [1.165, 1.54) is 36.4 Å². The Balaban J connectivity index is 1.68. The number of benzene rings is 2. The van der Waals surface area contributed by atoms with Gasteiger partial charge in [0.1, 0.15) is 21.9 Å². The Morgan fingerprint density at radius 3 is 1.50 bits per heavy atom. The minimum atomic E-state index is -0.770. The molecular weight excluding hydrogens is 448 g/mol. The van der Waals surface area contributed by atoms with Crippen LogP contribution in [0.5, 0.6) is 11.5 Å². The summed E-state index contributed by atoms with van der Waals surface area (Å²) in [4.78, 5) is 59.9. The standard InChI is InChI=1S/C24H18O10/c1-3-29-23(27)19-11-13(25)21-15(31-19)7-5-9-17(21)33-34-18-10-6-8-16-22(18)14(26)12-20(32-16)24(28)30-4-2/h5-12H,3-4H2,1-2H3. The second kappa shape index (κ2) is 9.49. The van der Waals surface area contributed by atoms with Gasteiger partial charge in [-0.15, -0.1) is 0 Å². The predicted octanol–water partition coefficient (Wildman–Crippen LogP) is 3.63. The molecule has 0 fully saturated rings. The zero-order valence-corrected chi connectivity index (χ0v) is 18.1. The number of ether oxygens (including phenoxy) is 2. The van der Waals surface area contributed by atoms with Crippen LogP contribution in [0.4, 0.5) is 0 Å². The van der Waals surface area contributed by atoms with Crippen molar-refractivity contribution < 1.29 is 37.7 Å². The van der Waals surface area contributed by atoms with Crippen molar-refractivity contribution in [3.63, 3.8) is 0 Å². The van der Waals surface area contributed by atoms with Gasteiger partial charge in [-0.2, -0.15) is 0 Å². The fraction of sp³-hybridized carbons (Fsp3) is 0.167. The Labute approximate surface area is 191 Å². The van der Waals surface area contributed by atoms with Crippen molar-refractivity contribution in [3.8, 4) is 11.5 Å². The van der Waals surface area contributed by atoms with Crippen LogP contribution in [0.15, 0.2) is 67.0 Å². The molecule has 2 aromatic heterocycles. The highest BCUT2D eigenvalue weighted by Gasteiger charge is 2.19. The molecule has 0 atom stereocenters. The lowest BCUT2D eigenvalue weighted by Crippen LogP contribution is -2.13. The van der Waals surface area contributed by atoms with Gasteiger partial charge < -0.3 is 18.3 Å². The normalized spacial score (nSPS) is 10.8. The third-order valence-corrected chi connectivity index (χ3v) is 4.61. The van der Waals surface area contributed by atoms with Gasteiger partial charge in [0.15, 0.2) is 22.4 Å². The molecular formula is C24H18O10. The van der Waals surface area contributed by atoms with Crippen molar-refractivity contribution in [2.24, 2.45) is 0 Å². The summed E-state index contributed by atoms with van der Waals surface area (Å²) >= 11 is 0. The van der Waals surface area contributed by atoms with Gasteiger partial charge in [-0.3, -0.25) is 19.4 Å². The SMILES string of the molecule is CCOC(=O)c1cc(=O)c2c(OOc3cccc4oc(C(=O)OCC)cc(=O)c34)cccc2o1. The molecule has 0 aliphatic rings. The minimum Gasteiger partial charge on any atom is -0.460 e. The van der Waals surface area contributed by atoms with Crippen LogP contribution < -0.4 is 20.6 Å². The maximum Gasteiger partial charge on any atom is 0.374 e. The van der Waals surface area contributed by atoms with Crippen LogP contribution in [0.25, 0.3) is 21.9 Å². The number of carbonyl (C=O) groups excluding carboxylic acids is 2. The van der Waals surface area contributed by atoms with E-state index in [9.17, 15) is 19.2 Å². The lowest BCUT2D eigenvalue weighted by molar-refractivity contribution is -0.0970. The lowest BCUT2D eigenvalue weighted by atomic mass is 10.2. The molecule has 0 unspecified atom stereocenters. The first-order chi connectivity index (χ1) is 16.4. The molecule has 4 rings (SSSR count). The molecule has 10 heteroatoms. The highest BCUT2D eigenvalue weighted by Crippen LogP contribution is 2.27. The van der Waals surface area contributed by atoms with Crippen LogP contribution in [0.3, 0.4) is 0 Å². The first kappa shape index (κ1) is 22.6. The van der Waals surface area contributed by atoms with E-state index in [4.69, 9.17) is 28.1 Å². The first-order valence-corrected chi connectivity index (χ1v) is 10.3. The summed E-state index contributed by atoms with van der Waals surface area (Å²) in [5.74, 6) is -2.05. The molecule has 0 N–H and O–H groups in total. The highest BCUT2D eigenvalue weighted by molar-refractivity contribution is 5.91. The molecule has 4 aromatic rings. The second-order valence-electron chi connectivity index (χ2n) is 6.82. The smallest absolute Gasteiger partial charge is 0.374 e. The lowest BCUT2D eigenvalue weighted by Gasteiger charge is -2.10. The van der Waals surface area contributed by atoms with Crippen molar-refractivity contribution >= 4 is 33.9 Å². The van der Waals surface area contributed by atoms with E-state index in [1.807, 2.05) is 0 Å². The molecule has 0 radical (unpaired) electrons. The van der Waals surface area contributed by atoms with E-state index in [0.29, 0.717) is 0 Å². The van der Waals surface area contributed by atoms with E-state index in [-0.39, 0.29) is 58.2 Å². The largest absolute Gasteiger partial charge is 0.460 e. The molecule has 0 aliphatic carbocycles. The van der Waals surface area contributed by atoms with Gasteiger partial charge in [0.2, 0.25) is 11.5 Å². The summed E-state index contributed by atoms with van der Waals surface area (Å²) < 4.78 is 20.7. The molecule has 2 aromatic carbocycles. The average Bonchev–Trinajstić information content (AvgIpc) is 2.82. The number of hydrogen-bond acceptors (Lipinski definition) is 10. The fourth-order valence-electron chi connectivity index (χ4n) is 3.19. The zero-order valence-electron chi connectivity index (χ0n) is 18.1. The summed E-state index contributed by atoms with van der Waals surface area (Å²) in [6, 6.07) is 10.9. The third kappa shape index (κ3) is 4.33. The Morgan fingerprint density at radius 2 is 1.12 bits per heavy atom. The predicted molar refractivity (Wildman–Crippen MR) is 118 cm³/mol. The van der Waals surface area contributed by atoms with Crippen LogP contribution >= 0.6 is 0 Å². The van der Waals surface area contributed by atoms with Crippen LogP contribution in [-0.4, -0.2) is 25.2 Å². The quantitative estimate of drug-likeness (QED) is 0.226. The van der Waals surface area contributed by atoms with Crippen LogP contribution in [0, 0.1) is 0 Å². The van der Waals surface area contributed by atoms with Gasteiger partial charge in [-0.25, -0.2) is 9.59 Å². The average molecular weight is 466 g/mol. The molecule has 174 valence electrons. The van der Waals surface area contributed by atoms with Gasteiger partial charge in [0.05, 0.1) is 13.2 Å². The molecule has 10 nitrogen and oxygen atoms in total.